The average Bonchev–Trinajstić information content (AvgIpc) is 3.11. The van der Waals surface area contributed by atoms with Gasteiger partial charge in [0.25, 0.3) is 0 Å². The minimum atomic E-state index is -0.0976. The summed E-state index contributed by atoms with van der Waals surface area (Å²) in [5.74, 6) is 0.431. The molecule has 1 aliphatic rings. The molecule has 1 unspecified atom stereocenters. The first kappa shape index (κ1) is 16.4. The lowest BCUT2D eigenvalue weighted by Gasteiger charge is -2.26. The molecule has 0 saturated heterocycles. The van der Waals surface area contributed by atoms with E-state index < -0.39 is 0 Å². The fourth-order valence-corrected chi connectivity index (χ4v) is 3.40. The summed E-state index contributed by atoms with van der Waals surface area (Å²) in [6.45, 7) is 2.10. The van der Waals surface area contributed by atoms with Gasteiger partial charge in [-0.15, -0.1) is 10.2 Å². The topological polar surface area (TPSA) is 72.7 Å². The van der Waals surface area contributed by atoms with Crippen LogP contribution in [0.3, 0.4) is 0 Å². The van der Waals surface area contributed by atoms with Crippen LogP contribution in [0.5, 0.6) is 0 Å². The van der Waals surface area contributed by atoms with Crippen LogP contribution in [0.15, 0.2) is 48.5 Å². The van der Waals surface area contributed by atoms with E-state index in [0.717, 1.165) is 24.8 Å². The van der Waals surface area contributed by atoms with Gasteiger partial charge in [-0.2, -0.15) is 4.80 Å². The number of hydrogen-bond acceptors (Lipinski definition) is 4. The Morgan fingerprint density at radius 2 is 2.00 bits per heavy atom. The normalized spacial score (nSPS) is 16.1. The third-order valence-electron chi connectivity index (χ3n) is 4.75. The number of rotatable bonds is 4. The van der Waals surface area contributed by atoms with Crippen LogP contribution in [-0.2, 0) is 17.8 Å². The predicted molar refractivity (Wildman–Crippen MR) is 98.3 cm³/mol. The molecule has 0 fully saturated rings. The van der Waals surface area contributed by atoms with Gasteiger partial charge in [-0.05, 0) is 42.5 Å². The van der Waals surface area contributed by atoms with Gasteiger partial charge in [0, 0.05) is 5.56 Å². The van der Waals surface area contributed by atoms with Gasteiger partial charge in [-0.1, -0.05) is 54.1 Å². The van der Waals surface area contributed by atoms with Gasteiger partial charge in [-0.25, -0.2) is 0 Å². The summed E-state index contributed by atoms with van der Waals surface area (Å²) in [4.78, 5) is 13.8. The molecule has 1 aromatic heterocycles. The third-order valence-corrected chi connectivity index (χ3v) is 4.75. The average molecular weight is 347 g/mol. The Labute approximate surface area is 152 Å². The van der Waals surface area contributed by atoms with Crippen LogP contribution in [0.2, 0.25) is 0 Å². The lowest BCUT2D eigenvalue weighted by atomic mass is 9.88. The van der Waals surface area contributed by atoms with Crippen molar-refractivity contribution in [1.29, 1.82) is 0 Å². The number of hydrogen-bond donors (Lipinski definition) is 1. The van der Waals surface area contributed by atoms with Crippen LogP contribution in [0.25, 0.3) is 11.4 Å². The Morgan fingerprint density at radius 3 is 2.85 bits per heavy atom. The van der Waals surface area contributed by atoms with E-state index in [-0.39, 0.29) is 18.5 Å². The monoisotopic (exact) mass is 347 g/mol. The zero-order chi connectivity index (χ0) is 17.9. The number of tetrazole rings is 1. The molecule has 4 rings (SSSR count). The number of benzene rings is 2. The molecule has 0 saturated carbocycles. The van der Waals surface area contributed by atoms with Gasteiger partial charge in [0.2, 0.25) is 11.7 Å². The highest BCUT2D eigenvalue weighted by atomic mass is 16.2. The smallest absolute Gasteiger partial charge is 0.244 e. The van der Waals surface area contributed by atoms with Gasteiger partial charge < -0.3 is 5.32 Å². The second kappa shape index (κ2) is 7.07. The Morgan fingerprint density at radius 1 is 1.19 bits per heavy atom. The number of nitrogens with zero attached hydrogens (tertiary/aromatic N) is 4. The number of carbonyl (C=O) groups excluding carboxylic acids is 1. The molecule has 6 nitrogen and oxygen atoms in total. The zero-order valence-electron chi connectivity index (χ0n) is 14.7. The van der Waals surface area contributed by atoms with Gasteiger partial charge in [0.15, 0.2) is 0 Å². The highest BCUT2D eigenvalue weighted by molar-refractivity contribution is 5.76. The van der Waals surface area contributed by atoms with Crippen LogP contribution < -0.4 is 5.32 Å². The zero-order valence-corrected chi connectivity index (χ0v) is 14.7. The molecule has 26 heavy (non-hydrogen) atoms. The summed E-state index contributed by atoms with van der Waals surface area (Å²) in [5.41, 5.74) is 4.61. The van der Waals surface area contributed by atoms with E-state index in [1.54, 1.807) is 0 Å². The van der Waals surface area contributed by atoms with E-state index in [1.807, 2.05) is 37.3 Å². The maximum Gasteiger partial charge on any atom is 0.244 e. The molecule has 2 aromatic carbocycles. The molecule has 1 amide bonds. The molecule has 132 valence electrons. The number of nitrogens with one attached hydrogen (secondary N) is 1. The molecule has 0 spiro atoms. The lowest BCUT2D eigenvalue weighted by Crippen LogP contribution is -2.34. The van der Waals surface area contributed by atoms with Crippen molar-refractivity contribution in [3.8, 4) is 11.4 Å². The van der Waals surface area contributed by atoms with Crippen molar-refractivity contribution in [2.45, 2.75) is 38.8 Å². The van der Waals surface area contributed by atoms with Crippen molar-refractivity contribution in [2.24, 2.45) is 0 Å². The number of amides is 1. The Hall–Kier alpha value is -3.02. The van der Waals surface area contributed by atoms with Gasteiger partial charge >= 0.3 is 0 Å². The van der Waals surface area contributed by atoms with E-state index >= 15 is 0 Å². The van der Waals surface area contributed by atoms with E-state index in [1.165, 1.54) is 21.5 Å². The van der Waals surface area contributed by atoms with Crippen molar-refractivity contribution >= 4 is 5.91 Å². The molecule has 1 heterocycles. The second-order valence-corrected chi connectivity index (χ2v) is 6.72. The number of aromatic nitrogens is 4. The standard InChI is InChI=1S/C20H21N5O/c1-14-9-11-16(12-10-14)20-22-24-25(23-20)13-19(26)21-18-8-4-6-15-5-2-3-7-17(15)18/h2-3,5,7,9-12,18H,4,6,8,13H2,1H3,(H,21,26). The van der Waals surface area contributed by atoms with Crippen LogP contribution in [0.1, 0.15) is 35.6 Å². The van der Waals surface area contributed by atoms with Crippen molar-refractivity contribution in [3.05, 3.63) is 65.2 Å². The van der Waals surface area contributed by atoms with Crippen molar-refractivity contribution in [2.75, 3.05) is 0 Å². The predicted octanol–water partition coefficient (Wildman–Crippen LogP) is 2.84. The summed E-state index contributed by atoms with van der Waals surface area (Å²) in [7, 11) is 0. The molecule has 6 heteroatoms. The van der Waals surface area contributed by atoms with E-state index in [4.69, 9.17) is 0 Å². The summed E-state index contributed by atoms with van der Waals surface area (Å²) >= 11 is 0. The molecule has 0 bridgehead atoms. The first-order valence-electron chi connectivity index (χ1n) is 8.91. The van der Waals surface area contributed by atoms with Gasteiger partial charge in [0.1, 0.15) is 6.54 Å². The van der Waals surface area contributed by atoms with Gasteiger partial charge in [0.05, 0.1) is 6.04 Å². The van der Waals surface area contributed by atoms with Crippen molar-refractivity contribution < 1.29 is 4.79 Å². The van der Waals surface area contributed by atoms with Crippen molar-refractivity contribution in [1.82, 2.24) is 25.5 Å². The SMILES string of the molecule is Cc1ccc(-c2nnn(CC(=O)NC3CCCc4ccccc43)n2)cc1. The van der Waals surface area contributed by atoms with Gasteiger partial charge in [-0.3, -0.25) is 4.79 Å². The number of carbonyl (C=O) groups is 1. The largest absolute Gasteiger partial charge is 0.348 e. The minimum Gasteiger partial charge on any atom is -0.348 e. The molecule has 1 atom stereocenters. The maximum atomic E-state index is 12.4. The molecule has 1 N–H and O–H groups in total. The lowest BCUT2D eigenvalue weighted by molar-refractivity contribution is -0.122. The van der Waals surface area contributed by atoms with Crippen LogP contribution in [0.4, 0.5) is 0 Å². The Kier molecular flexibility index (Phi) is 4.48. The highest BCUT2D eigenvalue weighted by Crippen LogP contribution is 2.29. The summed E-state index contributed by atoms with van der Waals surface area (Å²) in [6, 6.07) is 16.3. The molecule has 0 aliphatic heterocycles. The number of fused-ring (bicyclic) bond motifs is 1. The fourth-order valence-electron chi connectivity index (χ4n) is 3.40. The Bertz CT molecular complexity index is 916. The first-order valence-corrected chi connectivity index (χ1v) is 8.91. The first-order chi connectivity index (χ1) is 12.7. The summed E-state index contributed by atoms with van der Waals surface area (Å²) in [5, 5.41) is 15.5. The van der Waals surface area contributed by atoms with E-state index in [2.05, 4.69) is 38.9 Å². The molecule has 1 aliphatic carbocycles. The van der Waals surface area contributed by atoms with Crippen LogP contribution in [0, 0.1) is 6.92 Å². The van der Waals surface area contributed by atoms with Crippen LogP contribution >= 0.6 is 0 Å². The number of aryl methyl sites for hydroxylation is 2. The second-order valence-electron chi connectivity index (χ2n) is 6.72. The summed E-state index contributed by atoms with van der Waals surface area (Å²) in [6.07, 6.45) is 3.12. The quantitative estimate of drug-likeness (QED) is 0.788. The van der Waals surface area contributed by atoms with E-state index in [0.29, 0.717) is 5.82 Å². The Balaban J connectivity index is 1.42. The highest BCUT2D eigenvalue weighted by Gasteiger charge is 2.21. The molecular weight excluding hydrogens is 326 g/mol. The maximum absolute atomic E-state index is 12.4. The van der Waals surface area contributed by atoms with E-state index in [9.17, 15) is 4.79 Å². The minimum absolute atomic E-state index is 0.0625. The fraction of sp³-hybridized carbons (Fsp3) is 0.300. The molecular formula is C20H21N5O. The third kappa shape index (κ3) is 3.49. The van der Waals surface area contributed by atoms with Crippen LogP contribution in [-0.4, -0.2) is 26.1 Å². The van der Waals surface area contributed by atoms with Crippen molar-refractivity contribution in [3.63, 3.8) is 0 Å². The summed E-state index contributed by atoms with van der Waals surface area (Å²) < 4.78 is 0. The molecule has 3 aromatic rings. The molecule has 0 radical (unpaired) electrons.